The van der Waals surface area contributed by atoms with E-state index in [9.17, 15) is 4.79 Å². The quantitative estimate of drug-likeness (QED) is 0.772. The molecule has 0 bridgehead atoms. The minimum Gasteiger partial charge on any atom is -0.356 e. The Morgan fingerprint density at radius 3 is 2.58 bits per heavy atom. The van der Waals surface area contributed by atoms with Crippen molar-refractivity contribution >= 4 is 41.6 Å². The van der Waals surface area contributed by atoms with Gasteiger partial charge in [-0.15, -0.1) is 24.8 Å². The molecule has 4 nitrogen and oxygen atoms in total. The fraction of sp³-hybridized carbons (Fsp3) is 0.500. The van der Waals surface area contributed by atoms with E-state index in [1.165, 1.54) is 24.8 Å². The van der Waals surface area contributed by atoms with Crippen molar-refractivity contribution in [2.45, 2.75) is 44.9 Å². The zero-order chi connectivity index (χ0) is 16.8. The van der Waals surface area contributed by atoms with Crippen molar-refractivity contribution in [3.8, 4) is 0 Å². The van der Waals surface area contributed by atoms with Gasteiger partial charge in [0.1, 0.15) is 0 Å². The number of nitrogens with one attached hydrogen (secondary N) is 1. The fourth-order valence-electron chi connectivity index (χ4n) is 3.86. The maximum absolute atomic E-state index is 12.3. The SMILES string of the molecule is Cl.Cl.NCC1(CC(=O)NCCc2cccc3cccnc23)CCCCC1. The van der Waals surface area contributed by atoms with Crippen LogP contribution in [0.3, 0.4) is 0 Å². The monoisotopic (exact) mass is 397 g/mol. The van der Waals surface area contributed by atoms with Gasteiger partial charge >= 0.3 is 0 Å². The predicted octanol–water partition coefficient (Wildman–Crippen LogP) is 4.04. The maximum Gasteiger partial charge on any atom is 0.220 e. The number of para-hydroxylation sites is 1. The lowest BCUT2D eigenvalue weighted by Crippen LogP contribution is -2.39. The molecule has 0 saturated heterocycles. The first-order valence-electron chi connectivity index (χ1n) is 9.02. The van der Waals surface area contributed by atoms with Gasteiger partial charge in [-0.1, -0.05) is 43.5 Å². The molecule has 0 spiro atoms. The van der Waals surface area contributed by atoms with Gasteiger partial charge in [-0.2, -0.15) is 0 Å². The van der Waals surface area contributed by atoms with Gasteiger partial charge in [-0.25, -0.2) is 0 Å². The summed E-state index contributed by atoms with van der Waals surface area (Å²) >= 11 is 0. The lowest BCUT2D eigenvalue weighted by molar-refractivity contribution is -0.123. The van der Waals surface area contributed by atoms with Crippen LogP contribution in [-0.4, -0.2) is 24.0 Å². The molecule has 3 N–H and O–H groups in total. The number of hydrogen-bond donors (Lipinski definition) is 2. The van der Waals surface area contributed by atoms with Crippen LogP contribution >= 0.6 is 24.8 Å². The van der Waals surface area contributed by atoms with E-state index in [1.54, 1.807) is 0 Å². The Kier molecular flexibility index (Phi) is 9.34. The molecule has 6 heteroatoms. The molecule has 3 rings (SSSR count). The Bertz CT molecular complexity index is 697. The van der Waals surface area contributed by atoms with Gasteiger partial charge < -0.3 is 11.1 Å². The lowest BCUT2D eigenvalue weighted by atomic mass is 9.71. The Morgan fingerprint density at radius 2 is 1.85 bits per heavy atom. The number of rotatable bonds is 6. The van der Waals surface area contributed by atoms with Gasteiger partial charge in [0.2, 0.25) is 5.91 Å². The topological polar surface area (TPSA) is 68.0 Å². The van der Waals surface area contributed by atoms with Gasteiger partial charge in [0.25, 0.3) is 0 Å². The number of benzene rings is 1. The summed E-state index contributed by atoms with van der Waals surface area (Å²) in [7, 11) is 0. The summed E-state index contributed by atoms with van der Waals surface area (Å²) in [6.07, 6.45) is 9.04. The highest BCUT2D eigenvalue weighted by atomic mass is 35.5. The molecule has 1 fully saturated rings. The molecule has 2 aromatic rings. The first kappa shape index (κ1) is 22.7. The number of carbonyl (C=O) groups is 1. The highest BCUT2D eigenvalue weighted by molar-refractivity contribution is 5.85. The Labute approximate surface area is 168 Å². The highest BCUT2D eigenvalue weighted by Gasteiger charge is 2.32. The second-order valence-electron chi connectivity index (χ2n) is 7.03. The first-order chi connectivity index (χ1) is 11.7. The molecule has 1 aromatic carbocycles. The molecule has 0 aliphatic heterocycles. The summed E-state index contributed by atoms with van der Waals surface area (Å²) in [6.45, 7) is 1.27. The molecule has 0 unspecified atom stereocenters. The number of aromatic nitrogens is 1. The third kappa shape index (κ3) is 5.57. The molecular formula is C20H29Cl2N3O. The highest BCUT2D eigenvalue weighted by Crippen LogP contribution is 2.38. The van der Waals surface area contributed by atoms with Crippen molar-refractivity contribution in [2.75, 3.05) is 13.1 Å². The summed E-state index contributed by atoms with van der Waals surface area (Å²) in [5, 5.41) is 4.22. The van der Waals surface area contributed by atoms with Crippen LogP contribution in [0.4, 0.5) is 0 Å². The summed E-state index contributed by atoms with van der Waals surface area (Å²) in [5.41, 5.74) is 8.22. The number of pyridine rings is 1. The fourth-order valence-corrected chi connectivity index (χ4v) is 3.86. The standard InChI is InChI=1S/C20H27N3O.2ClH/c21-15-20(10-2-1-3-11-20)14-18(24)22-13-9-17-7-4-6-16-8-5-12-23-19(16)17;;/h4-8,12H,1-3,9-11,13-15,21H2,(H,22,24);2*1H. The van der Waals surface area contributed by atoms with E-state index in [1.807, 2.05) is 18.3 Å². The average Bonchev–Trinajstić information content (AvgIpc) is 2.62. The molecule has 0 radical (unpaired) electrons. The van der Waals surface area contributed by atoms with E-state index in [4.69, 9.17) is 5.73 Å². The van der Waals surface area contributed by atoms with Crippen molar-refractivity contribution < 1.29 is 4.79 Å². The Hall–Kier alpha value is -1.36. The zero-order valence-corrected chi connectivity index (χ0v) is 16.7. The Balaban J connectivity index is 0.00000169. The van der Waals surface area contributed by atoms with Crippen molar-refractivity contribution in [3.63, 3.8) is 0 Å². The van der Waals surface area contributed by atoms with Crippen LogP contribution in [-0.2, 0) is 11.2 Å². The minimum absolute atomic E-state index is 0. The number of hydrogen-bond acceptors (Lipinski definition) is 3. The molecule has 144 valence electrons. The van der Waals surface area contributed by atoms with Crippen LogP contribution in [0.25, 0.3) is 10.9 Å². The van der Waals surface area contributed by atoms with Crippen LogP contribution in [0.1, 0.15) is 44.1 Å². The summed E-state index contributed by atoms with van der Waals surface area (Å²) in [5.74, 6) is 0.135. The molecule has 1 aliphatic carbocycles. The largest absolute Gasteiger partial charge is 0.356 e. The average molecular weight is 398 g/mol. The minimum atomic E-state index is 0. The summed E-state index contributed by atoms with van der Waals surface area (Å²) in [4.78, 5) is 16.8. The van der Waals surface area contributed by atoms with E-state index < -0.39 is 0 Å². The van der Waals surface area contributed by atoms with E-state index in [-0.39, 0.29) is 36.1 Å². The van der Waals surface area contributed by atoms with Crippen LogP contribution < -0.4 is 11.1 Å². The van der Waals surface area contributed by atoms with Gasteiger partial charge in [0, 0.05) is 24.5 Å². The van der Waals surface area contributed by atoms with E-state index in [0.717, 1.165) is 30.2 Å². The van der Waals surface area contributed by atoms with Crippen LogP contribution in [0.15, 0.2) is 36.5 Å². The normalized spacial score (nSPS) is 15.6. The van der Waals surface area contributed by atoms with Crippen LogP contribution in [0.2, 0.25) is 0 Å². The molecular weight excluding hydrogens is 369 g/mol. The van der Waals surface area contributed by atoms with Gasteiger partial charge in [0.05, 0.1) is 5.52 Å². The molecule has 26 heavy (non-hydrogen) atoms. The van der Waals surface area contributed by atoms with Gasteiger partial charge in [0.15, 0.2) is 0 Å². The van der Waals surface area contributed by atoms with Crippen LogP contribution in [0.5, 0.6) is 0 Å². The van der Waals surface area contributed by atoms with Gasteiger partial charge in [-0.05, 0) is 42.9 Å². The third-order valence-corrected chi connectivity index (χ3v) is 5.32. The zero-order valence-electron chi connectivity index (χ0n) is 15.1. The van der Waals surface area contributed by atoms with E-state index in [2.05, 4.69) is 28.5 Å². The number of carbonyl (C=O) groups excluding carboxylic acids is 1. The van der Waals surface area contributed by atoms with Crippen LogP contribution in [0, 0.1) is 5.41 Å². The van der Waals surface area contributed by atoms with E-state index in [0.29, 0.717) is 19.5 Å². The second kappa shape index (κ2) is 10.7. The smallest absolute Gasteiger partial charge is 0.220 e. The summed E-state index contributed by atoms with van der Waals surface area (Å²) in [6, 6.07) is 10.2. The molecule has 1 saturated carbocycles. The first-order valence-corrected chi connectivity index (χ1v) is 9.02. The number of fused-ring (bicyclic) bond motifs is 1. The molecule has 1 aromatic heterocycles. The van der Waals surface area contributed by atoms with Crippen molar-refractivity contribution in [1.29, 1.82) is 0 Å². The lowest BCUT2D eigenvalue weighted by Gasteiger charge is -2.35. The number of nitrogens with two attached hydrogens (primary N) is 1. The number of amides is 1. The number of nitrogens with zero attached hydrogens (tertiary/aromatic N) is 1. The number of halogens is 2. The van der Waals surface area contributed by atoms with E-state index >= 15 is 0 Å². The molecule has 1 amide bonds. The predicted molar refractivity (Wildman–Crippen MR) is 112 cm³/mol. The maximum atomic E-state index is 12.3. The molecule has 1 heterocycles. The summed E-state index contributed by atoms with van der Waals surface area (Å²) < 4.78 is 0. The Morgan fingerprint density at radius 1 is 1.12 bits per heavy atom. The molecule has 0 atom stereocenters. The van der Waals surface area contributed by atoms with Crippen molar-refractivity contribution in [3.05, 3.63) is 42.1 Å². The second-order valence-corrected chi connectivity index (χ2v) is 7.03. The van der Waals surface area contributed by atoms with Crippen molar-refractivity contribution in [2.24, 2.45) is 11.1 Å². The van der Waals surface area contributed by atoms with Gasteiger partial charge in [-0.3, -0.25) is 9.78 Å². The van der Waals surface area contributed by atoms with Crippen molar-refractivity contribution in [1.82, 2.24) is 10.3 Å². The third-order valence-electron chi connectivity index (χ3n) is 5.32. The molecule has 1 aliphatic rings.